The van der Waals surface area contributed by atoms with E-state index in [1.54, 1.807) is 0 Å². The lowest BCUT2D eigenvalue weighted by molar-refractivity contribution is 0.251. The molecule has 0 spiro atoms. The van der Waals surface area contributed by atoms with E-state index in [0.29, 0.717) is 0 Å². The average Bonchev–Trinajstić information content (AvgIpc) is 2.47. The summed E-state index contributed by atoms with van der Waals surface area (Å²) in [5.74, 6) is 0.995. The zero-order valence-electron chi connectivity index (χ0n) is 12.1. The number of hydrogen-bond donors (Lipinski definition) is 0. The highest BCUT2D eigenvalue weighted by Crippen LogP contribution is 2.23. The normalized spacial score (nSPS) is 26.6. The van der Waals surface area contributed by atoms with Crippen molar-refractivity contribution in [2.45, 2.75) is 73.3 Å². The van der Waals surface area contributed by atoms with Gasteiger partial charge in [0.25, 0.3) is 0 Å². The van der Waals surface area contributed by atoms with Crippen molar-refractivity contribution in [2.75, 3.05) is 13.6 Å². The van der Waals surface area contributed by atoms with Gasteiger partial charge >= 0.3 is 0 Å². The minimum Gasteiger partial charge on any atom is -0.304 e. The average molecular weight is 215 g/mol. The van der Waals surface area contributed by atoms with Crippen LogP contribution in [0.25, 0.3) is 0 Å². The van der Waals surface area contributed by atoms with Gasteiger partial charge in [0.15, 0.2) is 0 Å². The third kappa shape index (κ3) is 7.84. The number of rotatable bonds is 1. The van der Waals surface area contributed by atoms with Crippen LogP contribution in [0.15, 0.2) is 0 Å². The topological polar surface area (TPSA) is 3.24 Å². The van der Waals surface area contributed by atoms with E-state index >= 15 is 0 Å². The van der Waals surface area contributed by atoms with Gasteiger partial charge < -0.3 is 4.90 Å². The summed E-state index contributed by atoms with van der Waals surface area (Å²) in [4.78, 5) is 2.50. The van der Waals surface area contributed by atoms with Crippen molar-refractivity contribution in [3.63, 3.8) is 0 Å². The van der Waals surface area contributed by atoms with Crippen LogP contribution in [-0.2, 0) is 0 Å². The van der Waals surface area contributed by atoms with Crippen molar-refractivity contribution in [1.29, 1.82) is 0 Å². The van der Waals surface area contributed by atoms with Crippen LogP contribution >= 0.6 is 0 Å². The molecule has 1 nitrogen and oxygen atoms in total. The highest BCUT2D eigenvalue weighted by atomic mass is 15.1. The SMILES string of the molecule is CC.CC.CCC1CCCN(C)C(C)C1. The first kappa shape index (κ1) is 17.4. The molecular weight excluding hydrogens is 182 g/mol. The summed E-state index contributed by atoms with van der Waals surface area (Å²) in [6.45, 7) is 14.0. The van der Waals surface area contributed by atoms with Crippen LogP contribution in [0.3, 0.4) is 0 Å². The van der Waals surface area contributed by atoms with Crippen LogP contribution in [0, 0.1) is 5.92 Å². The van der Waals surface area contributed by atoms with Crippen molar-refractivity contribution >= 4 is 0 Å². The monoisotopic (exact) mass is 215 g/mol. The van der Waals surface area contributed by atoms with Gasteiger partial charge in [-0.05, 0) is 45.7 Å². The Bertz CT molecular complexity index is 112. The smallest absolute Gasteiger partial charge is 0.00665 e. The van der Waals surface area contributed by atoms with Gasteiger partial charge in [-0.1, -0.05) is 41.0 Å². The van der Waals surface area contributed by atoms with Crippen molar-refractivity contribution in [2.24, 2.45) is 5.92 Å². The Labute approximate surface area is 98.2 Å². The first-order valence-corrected chi connectivity index (χ1v) is 6.94. The van der Waals surface area contributed by atoms with E-state index in [9.17, 15) is 0 Å². The quantitative estimate of drug-likeness (QED) is 0.619. The summed E-state index contributed by atoms with van der Waals surface area (Å²) >= 11 is 0. The fourth-order valence-electron chi connectivity index (χ4n) is 2.00. The molecule has 1 saturated heterocycles. The standard InChI is InChI=1S/C10H21N.2C2H6/c1-4-10-6-5-7-11(3)9(2)8-10;2*1-2/h9-10H,4-8H2,1-3H3;2*1-2H3. The third-order valence-corrected chi connectivity index (χ3v) is 3.13. The lowest BCUT2D eigenvalue weighted by atomic mass is 9.95. The minimum absolute atomic E-state index is 0.808. The Kier molecular flexibility index (Phi) is 13.9. The van der Waals surface area contributed by atoms with Gasteiger partial charge in [-0.25, -0.2) is 0 Å². The van der Waals surface area contributed by atoms with E-state index in [4.69, 9.17) is 0 Å². The molecule has 0 N–H and O–H groups in total. The molecule has 0 aliphatic carbocycles. The first-order chi connectivity index (χ1) is 7.24. The van der Waals surface area contributed by atoms with Gasteiger partial charge in [0, 0.05) is 6.04 Å². The van der Waals surface area contributed by atoms with Gasteiger partial charge in [-0.2, -0.15) is 0 Å². The maximum Gasteiger partial charge on any atom is 0.00665 e. The van der Waals surface area contributed by atoms with E-state index in [2.05, 4.69) is 25.8 Å². The molecule has 1 aliphatic heterocycles. The zero-order valence-corrected chi connectivity index (χ0v) is 12.1. The summed E-state index contributed by atoms with van der Waals surface area (Å²) in [5.41, 5.74) is 0. The molecular formula is C14H33N. The zero-order chi connectivity index (χ0) is 12.3. The predicted octanol–water partition coefficient (Wildman–Crippen LogP) is 4.57. The van der Waals surface area contributed by atoms with Crippen LogP contribution in [0.2, 0.25) is 0 Å². The van der Waals surface area contributed by atoms with E-state index in [0.717, 1.165) is 12.0 Å². The maximum absolute atomic E-state index is 2.50. The van der Waals surface area contributed by atoms with Crippen LogP contribution in [0.1, 0.15) is 67.2 Å². The molecule has 2 atom stereocenters. The molecule has 1 rings (SSSR count). The second-order valence-electron chi connectivity index (χ2n) is 3.98. The van der Waals surface area contributed by atoms with E-state index in [-0.39, 0.29) is 0 Å². The van der Waals surface area contributed by atoms with Crippen LogP contribution < -0.4 is 0 Å². The molecule has 0 amide bonds. The molecule has 0 saturated carbocycles. The van der Waals surface area contributed by atoms with Gasteiger partial charge in [-0.3, -0.25) is 0 Å². The number of likely N-dealkylation sites (tertiary alicyclic amines) is 1. The highest BCUT2D eigenvalue weighted by Gasteiger charge is 2.18. The fourth-order valence-corrected chi connectivity index (χ4v) is 2.00. The third-order valence-electron chi connectivity index (χ3n) is 3.13. The maximum atomic E-state index is 2.50. The molecule has 1 fully saturated rings. The molecule has 94 valence electrons. The second kappa shape index (κ2) is 12.0. The molecule has 1 heteroatoms. The summed E-state index contributed by atoms with van der Waals surface area (Å²) < 4.78 is 0. The molecule has 1 aliphatic rings. The van der Waals surface area contributed by atoms with Gasteiger partial charge in [0.1, 0.15) is 0 Å². The Morgan fingerprint density at radius 3 is 2.13 bits per heavy atom. The largest absolute Gasteiger partial charge is 0.304 e. The molecule has 0 radical (unpaired) electrons. The summed E-state index contributed by atoms with van der Waals surface area (Å²) in [6, 6.07) is 0.808. The van der Waals surface area contributed by atoms with Gasteiger partial charge in [-0.15, -0.1) is 0 Å². The molecule has 2 unspecified atom stereocenters. The summed E-state index contributed by atoms with van der Waals surface area (Å²) in [7, 11) is 2.25. The van der Waals surface area contributed by atoms with Crippen LogP contribution in [0.4, 0.5) is 0 Å². The number of hydrogen-bond acceptors (Lipinski definition) is 1. The highest BCUT2D eigenvalue weighted by molar-refractivity contribution is 4.73. The minimum atomic E-state index is 0.808. The van der Waals surface area contributed by atoms with Crippen molar-refractivity contribution in [3.05, 3.63) is 0 Å². The van der Waals surface area contributed by atoms with E-state index in [1.807, 2.05) is 27.7 Å². The van der Waals surface area contributed by atoms with Gasteiger partial charge in [0.2, 0.25) is 0 Å². The molecule has 0 aromatic rings. The summed E-state index contributed by atoms with van der Waals surface area (Å²) in [6.07, 6.45) is 5.63. The predicted molar refractivity (Wildman–Crippen MR) is 72.4 cm³/mol. The molecule has 15 heavy (non-hydrogen) atoms. The number of nitrogens with zero attached hydrogens (tertiary/aromatic N) is 1. The molecule has 1 heterocycles. The Morgan fingerprint density at radius 2 is 1.67 bits per heavy atom. The lowest BCUT2D eigenvalue weighted by Gasteiger charge is -2.22. The van der Waals surface area contributed by atoms with Crippen molar-refractivity contribution in [3.8, 4) is 0 Å². The van der Waals surface area contributed by atoms with Crippen molar-refractivity contribution < 1.29 is 0 Å². The summed E-state index contributed by atoms with van der Waals surface area (Å²) in [5, 5.41) is 0. The molecule has 0 bridgehead atoms. The van der Waals surface area contributed by atoms with Crippen molar-refractivity contribution in [1.82, 2.24) is 4.90 Å². The van der Waals surface area contributed by atoms with Crippen LogP contribution in [-0.4, -0.2) is 24.5 Å². The Hall–Kier alpha value is -0.0400. The lowest BCUT2D eigenvalue weighted by Crippen LogP contribution is -2.28. The van der Waals surface area contributed by atoms with E-state index < -0.39 is 0 Å². The van der Waals surface area contributed by atoms with Crippen LogP contribution in [0.5, 0.6) is 0 Å². The van der Waals surface area contributed by atoms with E-state index in [1.165, 1.54) is 32.2 Å². The van der Waals surface area contributed by atoms with Gasteiger partial charge in [0.05, 0.1) is 0 Å². The second-order valence-corrected chi connectivity index (χ2v) is 3.98. The Balaban J connectivity index is 0. The first-order valence-electron chi connectivity index (χ1n) is 6.94. The fraction of sp³-hybridized carbons (Fsp3) is 1.00. The molecule has 0 aromatic heterocycles. The Morgan fingerprint density at radius 1 is 1.13 bits per heavy atom. The molecule has 0 aromatic carbocycles.